The van der Waals surface area contributed by atoms with Gasteiger partial charge in [0.05, 0.1) is 18.1 Å². The van der Waals surface area contributed by atoms with Gasteiger partial charge in [0.1, 0.15) is 0 Å². The fourth-order valence-corrected chi connectivity index (χ4v) is 4.57. The summed E-state index contributed by atoms with van der Waals surface area (Å²) in [5.74, 6) is 0.168. The van der Waals surface area contributed by atoms with Crippen LogP contribution in [0.3, 0.4) is 0 Å². The molecule has 0 unspecified atom stereocenters. The number of aryl methyl sites for hydroxylation is 1. The number of hydrogen-bond donors (Lipinski definition) is 1. The van der Waals surface area contributed by atoms with Crippen LogP contribution in [0.4, 0.5) is 10.5 Å². The number of thioether (sulfide) groups is 1. The monoisotopic (exact) mass is 536 g/mol. The standard InChI is InChI=1S/C28H25ClN2O5S/c1-3-35-24-14-20(10-13-23(24)36-17-26(32)30-22-7-5-4-6-18(22)2)15-25-27(33)31(28(34)37-25)16-19-8-11-21(29)12-9-19/h4-15H,3,16-17H2,1-2H3,(H,30,32)/b25-15-. The Morgan fingerprint density at radius 3 is 2.51 bits per heavy atom. The van der Waals surface area contributed by atoms with E-state index in [0.29, 0.717) is 33.6 Å². The maximum atomic E-state index is 12.9. The molecule has 0 bridgehead atoms. The van der Waals surface area contributed by atoms with Crippen molar-refractivity contribution in [2.24, 2.45) is 0 Å². The number of nitrogens with zero attached hydrogens (tertiary/aromatic N) is 1. The van der Waals surface area contributed by atoms with Crippen molar-refractivity contribution >= 4 is 52.2 Å². The van der Waals surface area contributed by atoms with E-state index >= 15 is 0 Å². The molecule has 4 rings (SSSR count). The molecule has 0 radical (unpaired) electrons. The highest BCUT2D eigenvalue weighted by molar-refractivity contribution is 8.18. The summed E-state index contributed by atoms with van der Waals surface area (Å²) < 4.78 is 11.4. The van der Waals surface area contributed by atoms with Crippen molar-refractivity contribution in [3.63, 3.8) is 0 Å². The molecule has 1 aliphatic rings. The number of rotatable bonds is 9. The third-order valence-corrected chi connectivity index (χ3v) is 6.63. The smallest absolute Gasteiger partial charge is 0.293 e. The average molecular weight is 537 g/mol. The van der Waals surface area contributed by atoms with Crippen LogP contribution in [-0.2, 0) is 16.1 Å². The van der Waals surface area contributed by atoms with E-state index in [2.05, 4.69) is 5.32 Å². The van der Waals surface area contributed by atoms with Gasteiger partial charge >= 0.3 is 0 Å². The molecule has 0 aromatic heterocycles. The molecule has 190 valence electrons. The number of nitrogens with one attached hydrogen (secondary N) is 1. The molecule has 7 nitrogen and oxygen atoms in total. The molecule has 0 aliphatic carbocycles. The lowest BCUT2D eigenvalue weighted by atomic mass is 10.1. The van der Waals surface area contributed by atoms with Crippen LogP contribution in [0.15, 0.2) is 71.6 Å². The molecular weight excluding hydrogens is 512 g/mol. The molecular formula is C28H25ClN2O5S. The zero-order chi connectivity index (χ0) is 26.4. The van der Waals surface area contributed by atoms with Gasteiger partial charge in [0.2, 0.25) is 0 Å². The van der Waals surface area contributed by atoms with Gasteiger partial charge in [-0.05, 0) is 78.7 Å². The van der Waals surface area contributed by atoms with Crippen LogP contribution in [0, 0.1) is 6.92 Å². The molecule has 3 aromatic rings. The Kier molecular flexibility index (Phi) is 8.53. The number of carbonyl (C=O) groups excluding carboxylic acids is 3. The van der Waals surface area contributed by atoms with Crippen molar-refractivity contribution < 1.29 is 23.9 Å². The first-order valence-corrected chi connectivity index (χ1v) is 12.8. The van der Waals surface area contributed by atoms with E-state index < -0.39 is 0 Å². The van der Waals surface area contributed by atoms with Gasteiger partial charge in [0.15, 0.2) is 18.1 Å². The lowest BCUT2D eigenvalue weighted by molar-refractivity contribution is -0.123. The molecule has 1 saturated heterocycles. The van der Waals surface area contributed by atoms with Crippen molar-refractivity contribution in [1.82, 2.24) is 4.90 Å². The van der Waals surface area contributed by atoms with Gasteiger partial charge < -0.3 is 14.8 Å². The minimum Gasteiger partial charge on any atom is -0.490 e. The summed E-state index contributed by atoms with van der Waals surface area (Å²) in [5.41, 5.74) is 3.14. The first-order valence-electron chi connectivity index (χ1n) is 11.6. The predicted molar refractivity (Wildman–Crippen MR) is 146 cm³/mol. The Hall–Kier alpha value is -3.75. The molecule has 3 amide bonds. The van der Waals surface area contributed by atoms with E-state index in [1.54, 1.807) is 48.5 Å². The van der Waals surface area contributed by atoms with Crippen LogP contribution in [0.5, 0.6) is 11.5 Å². The van der Waals surface area contributed by atoms with E-state index in [4.69, 9.17) is 21.1 Å². The lowest BCUT2D eigenvalue weighted by Crippen LogP contribution is -2.27. The molecule has 1 aliphatic heterocycles. The van der Waals surface area contributed by atoms with Gasteiger partial charge in [-0.1, -0.05) is 48.0 Å². The number of hydrogen-bond acceptors (Lipinski definition) is 6. The number of para-hydroxylation sites is 1. The second kappa shape index (κ2) is 12.0. The summed E-state index contributed by atoms with van der Waals surface area (Å²) >= 11 is 6.81. The van der Waals surface area contributed by atoms with Gasteiger partial charge in [0, 0.05) is 10.7 Å². The van der Waals surface area contributed by atoms with Gasteiger partial charge in [-0.15, -0.1) is 0 Å². The summed E-state index contributed by atoms with van der Waals surface area (Å²) in [6.45, 7) is 4.10. The highest BCUT2D eigenvalue weighted by Crippen LogP contribution is 2.35. The highest BCUT2D eigenvalue weighted by atomic mass is 35.5. The molecule has 9 heteroatoms. The summed E-state index contributed by atoms with van der Waals surface area (Å²) in [7, 11) is 0. The number of ether oxygens (including phenoxy) is 2. The van der Waals surface area contributed by atoms with Crippen LogP contribution < -0.4 is 14.8 Å². The normalized spacial score (nSPS) is 14.2. The number of carbonyl (C=O) groups is 3. The van der Waals surface area contributed by atoms with Crippen molar-refractivity contribution in [3.8, 4) is 11.5 Å². The molecule has 3 aromatic carbocycles. The van der Waals surface area contributed by atoms with Gasteiger partial charge in [-0.25, -0.2) is 0 Å². The minimum atomic E-state index is -0.365. The number of halogens is 1. The average Bonchev–Trinajstić information content (AvgIpc) is 3.13. The summed E-state index contributed by atoms with van der Waals surface area (Å²) in [5, 5.41) is 3.08. The Labute approximate surface area is 224 Å². The van der Waals surface area contributed by atoms with Gasteiger partial charge in [-0.3, -0.25) is 19.3 Å². The fourth-order valence-electron chi connectivity index (χ4n) is 3.60. The number of imide groups is 1. The Morgan fingerprint density at radius 2 is 1.78 bits per heavy atom. The number of anilines is 1. The first kappa shape index (κ1) is 26.3. The van der Waals surface area contributed by atoms with Crippen molar-refractivity contribution in [3.05, 3.63) is 93.3 Å². The van der Waals surface area contributed by atoms with Gasteiger partial charge in [0.25, 0.3) is 17.1 Å². The van der Waals surface area contributed by atoms with Crippen molar-refractivity contribution in [2.45, 2.75) is 20.4 Å². The SMILES string of the molecule is CCOc1cc(/C=C2\SC(=O)N(Cc3ccc(Cl)cc3)C2=O)ccc1OCC(=O)Nc1ccccc1C. The van der Waals surface area contributed by atoms with Crippen LogP contribution in [0.25, 0.3) is 6.08 Å². The largest absolute Gasteiger partial charge is 0.490 e. The summed E-state index contributed by atoms with van der Waals surface area (Å²) in [4.78, 5) is 39.3. The van der Waals surface area contributed by atoms with E-state index in [0.717, 1.165) is 28.6 Å². The minimum absolute atomic E-state index is 0.167. The maximum absolute atomic E-state index is 12.9. The predicted octanol–water partition coefficient (Wildman–Crippen LogP) is 6.30. The third kappa shape index (κ3) is 6.72. The fraction of sp³-hybridized carbons (Fsp3) is 0.179. The van der Waals surface area contributed by atoms with Crippen LogP contribution in [0.1, 0.15) is 23.6 Å². The van der Waals surface area contributed by atoms with E-state index in [9.17, 15) is 14.4 Å². The zero-order valence-electron chi connectivity index (χ0n) is 20.3. The van der Waals surface area contributed by atoms with Crippen LogP contribution >= 0.6 is 23.4 Å². The van der Waals surface area contributed by atoms with Crippen LogP contribution in [0.2, 0.25) is 5.02 Å². The summed E-state index contributed by atoms with van der Waals surface area (Å²) in [6, 6.07) is 19.6. The topological polar surface area (TPSA) is 84.9 Å². The van der Waals surface area contributed by atoms with E-state index in [1.807, 2.05) is 38.1 Å². The van der Waals surface area contributed by atoms with Crippen molar-refractivity contribution in [2.75, 3.05) is 18.5 Å². The van der Waals surface area contributed by atoms with Gasteiger partial charge in [-0.2, -0.15) is 0 Å². The maximum Gasteiger partial charge on any atom is 0.293 e. The zero-order valence-corrected chi connectivity index (χ0v) is 21.9. The summed E-state index contributed by atoms with van der Waals surface area (Å²) in [6.07, 6.45) is 1.64. The molecule has 0 saturated carbocycles. The molecule has 0 spiro atoms. The lowest BCUT2D eigenvalue weighted by Gasteiger charge is -2.13. The molecule has 1 fully saturated rings. The van der Waals surface area contributed by atoms with Crippen molar-refractivity contribution in [1.29, 1.82) is 0 Å². The molecule has 37 heavy (non-hydrogen) atoms. The van der Waals surface area contributed by atoms with E-state index in [1.165, 1.54) is 4.90 Å². The second-order valence-electron chi connectivity index (χ2n) is 8.19. The van der Waals surface area contributed by atoms with Crippen LogP contribution in [-0.4, -0.2) is 35.2 Å². The second-order valence-corrected chi connectivity index (χ2v) is 9.61. The molecule has 0 atom stereocenters. The highest BCUT2D eigenvalue weighted by Gasteiger charge is 2.35. The third-order valence-electron chi connectivity index (χ3n) is 5.47. The quantitative estimate of drug-likeness (QED) is 0.323. The molecule has 1 N–H and O–H groups in total. The number of amides is 3. The first-order chi connectivity index (χ1) is 17.8. The number of benzene rings is 3. The Balaban J connectivity index is 1.44. The molecule has 1 heterocycles. The Morgan fingerprint density at radius 1 is 1.03 bits per heavy atom. The Bertz CT molecular complexity index is 1360. The van der Waals surface area contributed by atoms with E-state index in [-0.39, 0.29) is 30.2 Å².